The van der Waals surface area contributed by atoms with Gasteiger partial charge in [0.2, 0.25) is 0 Å². The molecule has 0 radical (unpaired) electrons. The van der Waals surface area contributed by atoms with E-state index < -0.39 is 24.3 Å². The molecule has 2 saturated heterocycles. The van der Waals surface area contributed by atoms with Gasteiger partial charge >= 0.3 is 0 Å². The fourth-order valence-electron chi connectivity index (χ4n) is 2.87. The van der Waals surface area contributed by atoms with Crippen molar-refractivity contribution in [1.82, 2.24) is 0 Å². The number of rotatable bonds is 4. The molecule has 2 fully saturated rings. The van der Waals surface area contributed by atoms with Gasteiger partial charge in [-0.2, -0.15) is 0 Å². The summed E-state index contributed by atoms with van der Waals surface area (Å²) in [6, 6.07) is 8.10. The molecular formula is C17H22O5. The second-order valence-electron chi connectivity index (χ2n) is 6.40. The van der Waals surface area contributed by atoms with Gasteiger partial charge in [0.25, 0.3) is 0 Å². The number of hydrogen-bond acceptors (Lipinski definition) is 5. The minimum atomic E-state index is -0.720. The molecule has 1 aromatic rings. The van der Waals surface area contributed by atoms with E-state index in [-0.39, 0.29) is 11.9 Å². The minimum absolute atomic E-state index is 0.0756. The number of carbonyl (C=O) groups is 1. The van der Waals surface area contributed by atoms with Gasteiger partial charge in [-0.05, 0) is 33.3 Å². The van der Waals surface area contributed by atoms with Gasteiger partial charge in [0.15, 0.2) is 17.9 Å². The van der Waals surface area contributed by atoms with Crippen molar-refractivity contribution in [3.63, 3.8) is 0 Å². The quantitative estimate of drug-likeness (QED) is 0.854. The molecule has 0 unspecified atom stereocenters. The lowest BCUT2D eigenvalue weighted by atomic mass is 10.1. The molecule has 0 aliphatic carbocycles. The van der Waals surface area contributed by atoms with Crippen molar-refractivity contribution in [2.45, 2.75) is 64.7 Å². The third-order valence-corrected chi connectivity index (χ3v) is 3.95. The number of Topliss-reactive ketones (excluding diaryl/α,β-unsaturated/α-hetero) is 1. The minimum Gasteiger partial charge on any atom is -0.367 e. The normalized spacial score (nSPS) is 32.9. The number of ether oxygens (including phenoxy) is 4. The van der Waals surface area contributed by atoms with Gasteiger partial charge in [0.1, 0.15) is 18.3 Å². The third kappa shape index (κ3) is 3.08. The van der Waals surface area contributed by atoms with Crippen LogP contribution >= 0.6 is 0 Å². The smallest absolute Gasteiger partial charge is 0.190 e. The number of aryl methyl sites for hydroxylation is 1. The largest absolute Gasteiger partial charge is 0.367 e. The van der Waals surface area contributed by atoms with Gasteiger partial charge in [0.05, 0.1) is 6.61 Å². The highest BCUT2D eigenvalue weighted by Gasteiger charge is 2.56. The Kier molecular flexibility index (Phi) is 4.07. The number of carbonyl (C=O) groups excluding carboxylic acids is 1. The Bertz CT molecular complexity index is 551. The number of fused-ring (bicyclic) bond motifs is 1. The van der Waals surface area contributed by atoms with Crippen LogP contribution in [0.2, 0.25) is 0 Å². The van der Waals surface area contributed by atoms with Gasteiger partial charge in [0, 0.05) is 0 Å². The monoisotopic (exact) mass is 306 g/mol. The van der Waals surface area contributed by atoms with Crippen LogP contribution in [0.4, 0.5) is 0 Å². The summed E-state index contributed by atoms with van der Waals surface area (Å²) in [5.41, 5.74) is 2.25. The van der Waals surface area contributed by atoms with Crippen LogP contribution in [0, 0.1) is 6.92 Å². The summed E-state index contributed by atoms with van der Waals surface area (Å²) >= 11 is 0. The Morgan fingerprint density at radius 1 is 1.23 bits per heavy atom. The highest BCUT2D eigenvalue weighted by atomic mass is 16.8. The molecule has 5 heteroatoms. The fraction of sp³-hybridized carbons (Fsp3) is 0.588. The van der Waals surface area contributed by atoms with Crippen molar-refractivity contribution >= 4 is 5.78 Å². The first-order valence-corrected chi connectivity index (χ1v) is 7.54. The summed E-state index contributed by atoms with van der Waals surface area (Å²) in [5, 5.41) is 0. The molecule has 0 saturated carbocycles. The van der Waals surface area contributed by atoms with Gasteiger partial charge in [-0.25, -0.2) is 0 Å². The molecule has 0 aromatic heterocycles. The Hall–Kier alpha value is -1.27. The topological polar surface area (TPSA) is 54.0 Å². The van der Waals surface area contributed by atoms with E-state index in [9.17, 15) is 4.79 Å². The van der Waals surface area contributed by atoms with E-state index in [1.165, 1.54) is 12.5 Å². The van der Waals surface area contributed by atoms with Gasteiger partial charge in [-0.3, -0.25) is 4.79 Å². The predicted molar refractivity (Wildman–Crippen MR) is 79.1 cm³/mol. The summed E-state index contributed by atoms with van der Waals surface area (Å²) in [4.78, 5) is 11.8. The van der Waals surface area contributed by atoms with Gasteiger partial charge in [-0.15, -0.1) is 0 Å². The molecule has 4 atom stereocenters. The van der Waals surface area contributed by atoms with Crippen molar-refractivity contribution in [3.8, 4) is 0 Å². The standard InChI is InChI=1S/C17H22O5/c1-10-5-7-12(8-6-10)9-19-14-13(11(2)18)20-16-15(14)21-17(3,4)22-16/h5-8,13-16H,9H2,1-4H3/t13-,14+,15-,16-/m1/s1. The molecule has 1 aromatic carbocycles. The molecule has 0 bridgehead atoms. The first-order chi connectivity index (χ1) is 10.4. The molecule has 2 aliphatic rings. The SMILES string of the molecule is CC(=O)[C@H]1O[C@@H]2OC(C)(C)O[C@@H]2[C@H]1OCc1ccc(C)cc1. The van der Waals surface area contributed by atoms with Crippen LogP contribution < -0.4 is 0 Å². The number of benzene rings is 1. The molecule has 22 heavy (non-hydrogen) atoms. The average molecular weight is 306 g/mol. The molecule has 2 aliphatic heterocycles. The van der Waals surface area contributed by atoms with Crippen LogP contribution in [0.5, 0.6) is 0 Å². The first-order valence-electron chi connectivity index (χ1n) is 7.54. The van der Waals surface area contributed by atoms with E-state index in [0.717, 1.165) is 5.56 Å². The Labute approximate surface area is 130 Å². The average Bonchev–Trinajstić information content (AvgIpc) is 2.90. The zero-order valence-corrected chi connectivity index (χ0v) is 13.4. The zero-order valence-electron chi connectivity index (χ0n) is 13.4. The van der Waals surface area contributed by atoms with Crippen molar-refractivity contribution in [3.05, 3.63) is 35.4 Å². The molecule has 2 heterocycles. The molecule has 0 N–H and O–H groups in total. The fourth-order valence-corrected chi connectivity index (χ4v) is 2.87. The highest BCUT2D eigenvalue weighted by molar-refractivity contribution is 5.81. The number of hydrogen-bond donors (Lipinski definition) is 0. The Morgan fingerprint density at radius 3 is 2.55 bits per heavy atom. The Morgan fingerprint density at radius 2 is 1.91 bits per heavy atom. The van der Waals surface area contributed by atoms with Crippen LogP contribution in [-0.4, -0.2) is 36.2 Å². The summed E-state index contributed by atoms with van der Waals surface area (Å²) in [5.74, 6) is -0.795. The molecule has 3 rings (SSSR count). The van der Waals surface area contributed by atoms with Crippen molar-refractivity contribution in [2.75, 3.05) is 0 Å². The summed E-state index contributed by atoms with van der Waals surface area (Å²) in [7, 11) is 0. The Balaban J connectivity index is 1.71. The molecule has 120 valence electrons. The van der Waals surface area contributed by atoms with Crippen molar-refractivity contribution in [2.24, 2.45) is 0 Å². The molecular weight excluding hydrogens is 284 g/mol. The maximum Gasteiger partial charge on any atom is 0.190 e. The van der Waals surface area contributed by atoms with Crippen LogP contribution in [-0.2, 0) is 30.3 Å². The maximum absolute atomic E-state index is 11.8. The lowest BCUT2D eigenvalue weighted by molar-refractivity contribution is -0.218. The van der Waals surface area contributed by atoms with Crippen LogP contribution in [0.3, 0.4) is 0 Å². The van der Waals surface area contributed by atoms with E-state index in [4.69, 9.17) is 18.9 Å². The summed E-state index contributed by atoms with van der Waals surface area (Å²) in [6.45, 7) is 7.60. The third-order valence-electron chi connectivity index (χ3n) is 3.95. The maximum atomic E-state index is 11.8. The second kappa shape index (κ2) is 5.74. The number of ketones is 1. The summed E-state index contributed by atoms with van der Waals surface area (Å²) < 4.78 is 23.2. The van der Waals surface area contributed by atoms with E-state index in [1.54, 1.807) is 0 Å². The van der Waals surface area contributed by atoms with E-state index in [0.29, 0.717) is 6.61 Å². The second-order valence-corrected chi connectivity index (χ2v) is 6.40. The van der Waals surface area contributed by atoms with E-state index in [2.05, 4.69) is 0 Å². The zero-order chi connectivity index (χ0) is 15.9. The first kappa shape index (κ1) is 15.6. The van der Waals surface area contributed by atoms with Gasteiger partial charge < -0.3 is 18.9 Å². The van der Waals surface area contributed by atoms with Crippen LogP contribution in [0.15, 0.2) is 24.3 Å². The summed E-state index contributed by atoms with van der Waals surface area (Å²) in [6.07, 6.45) is -2.02. The highest BCUT2D eigenvalue weighted by Crippen LogP contribution is 2.39. The van der Waals surface area contributed by atoms with E-state index >= 15 is 0 Å². The predicted octanol–water partition coefficient (Wildman–Crippen LogP) is 2.35. The van der Waals surface area contributed by atoms with Gasteiger partial charge in [-0.1, -0.05) is 29.8 Å². The lowest BCUT2D eigenvalue weighted by Crippen LogP contribution is -2.39. The van der Waals surface area contributed by atoms with Crippen molar-refractivity contribution < 1.29 is 23.7 Å². The molecule has 5 nitrogen and oxygen atoms in total. The van der Waals surface area contributed by atoms with E-state index in [1.807, 2.05) is 45.0 Å². The molecule has 0 amide bonds. The lowest BCUT2D eigenvalue weighted by Gasteiger charge is -2.24. The van der Waals surface area contributed by atoms with Crippen LogP contribution in [0.25, 0.3) is 0 Å². The molecule has 0 spiro atoms. The van der Waals surface area contributed by atoms with Crippen molar-refractivity contribution in [1.29, 1.82) is 0 Å². The van der Waals surface area contributed by atoms with Crippen LogP contribution in [0.1, 0.15) is 31.9 Å².